The maximum atomic E-state index is 13.1. The molecule has 0 aliphatic rings. The fourth-order valence-corrected chi connectivity index (χ4v) is 3.90. The van der Waals surface area contributed by atoms with Crippen LogP contribution in [0.15, 0.2) is 47.3 Å². The molecule has 0 amide bonds. The van der Waals surface area contributed by atoms with Crippen LogP contribution in [0.5, 0.6) is 5.75 Å². The van der Waals surface area contributed by atoms with Crippen LogP contribution in [-0.4, -0.2) is 75.3 Å². The first kappa shape index (κ1) is 23.6. The zero-order valence-corrected chi connectivity index (χ0v) is 19.4. The van der Waals surface area contributed by atoms with E-state index in [1.807, 2.05) is 24.3 Å². The summed E-state index contributed by atoms with van der Waals surface area (Å²) in [4.78, 5) is 19.4. The van der Waals surface area contributed by atoms with Crippen molar-refractivity contribution in [3.63, 3.8) is 0 Å². The molecule has 0 saturated heterocycles. The summed E-state index contributed by atoms with van der Waals surface area (Å²) in [5.74, 6) is 1.08. The van der Waals surface area contributed by atoms with Crippen molar-refractivity contribution in [1.29, 1.82) is 0 Å². The number of rotatable bonds is 10. The second kappa shape index (κ2) is 11.0. The van der Waals surface area contributed by atoms with Crippen LogP contribution in [0.25, 0.3) is 16.6 Å². The molecule has 1 unspecified atom stereocenters. The van der Waals surface area contributed by atoms with Crippen molar-refractivity contribution in [2.75, 3.05) is 39.5 Å². The fourth-order valence-electron chi connectivity index (χ4n) is 3.41. The van der Waals surface area contributed by atoms with Crippen molar-refractivity contribution < 1.29 is 20.1 Å². The van der Waals surface area contributed by atoms with Crippen molar-refractivity contribution in [2.24, 2.45) is 0 Å². The Kier molecular flexibility index (Phi) is 8.38. The van der Waals surface area contributed by atoms with E-state index in [0.717, 1.165) is 3.57 Å². The Morgan fingerprint density at radius 2 is 1.90 bits per heavy atom. The van der Waals surface area contributed by atoms with Gasteiger partial charge in [0.1, 0.15) is 24.3 Å². The third-order valence-electron chi connectivity index (χ3n) is 4.82. The first-order valence-electron chi connectivity index (χ1n) is 9.97. The number of fused-ring (bicyclic) bond motifs is 1. The molecule has 3 N–H and O–H groups in total. The Bertz CT molecular complexity index is 1080. The average molecular weight is 539 g/mol. The molecule has 0 spiro atoms. The number of aliphatic hydroxyl groups excluding tert-OH is 3. The van der Waals surface area contributed by atoms with Gasteiger partial charge in [-0.1, -0.05) is 6.07 Å². The van der Waals surface area contributed by atoms with Gasteiger partial charge in [0, 0.05) is 29.3 Å². The van der Waals surface area contributed by atoms with Gasteiger partial charge in [0.15, 0.2) is 0 Å². The second-order valence-corrected chi connectivity index (χ2v) is 8.42. The lowest BCUT2D eigenvalue weighted by molar-refractivity contribution is 0.0552. The minimum Gasteiger partial charge on any atom is -0.491 e. The third-order valence-corrected chi connectivity index (χ3v) is 5.49. The Balaban J connectivity index is 1.79. The number of aliphatic hydroxyl groups is 3. The van der Waals surface area contributed by atoms with Crippen LogP contribution in [0.1, 0.15) is 5.82 Å². The highest BCUT2D eigenvalue weighted by Gasteiger charge is 2.14. The molecule has 31 heavy (non-hydrogen) atoms. The molecule has 0 bridgehead atoms. The summed E-state index contributed by atoms with van der Waals surface area (Å²) < 4.78 is 8.24. The van der Waals surface area contributed by atoms with E-state index < -0.39 is 6.10 Å². The number of halogens is 1. The van der Waals surface area contributed by atoms with Crippen LogP contribution in [-0.2, 0) is 0 Å². The lowest BCUT2D eigenvalue weighted by Gasteiger charge is -2.23. The molecule has 3 aromatic rings. The molecule has 1 heterocycles. The SMILES string of the molecule is Cc1nc2ccc(I)cc2c(=O)n1-c1cccc(OCC(O)CN(CCO)CCO)c1. The Labute approximate surface area is 193 Å². The molecule has 0 aliphatic carbocycles. The molecular weight excluding hydrogens is 513 g/mol. The minimum absolute atomic E-state index is 0.0405. The topological polar surface area (TPSA) is 108 Å². The van der Waals surface area contributed by atoms with Gasteiger partial charge in [-0.2, -0.15) is 0 Å². The first-order valence-corrected chi connectivity index (χ1v) is 11.0. The molecule has 2 aromatic carbocycles. The second-order valence-electron chi connectivity index (χ2n) is 7.17. The monoisotopic (exact) mass is 539 g/mol. The number of hydrogen-bond donors (Lipinski definition) is 3. The fraction of sp³-hybridized carbons (Fsp3) is 0.364. The van der Waals surface area contributed by atoms with Crippen LogP contribution in [0.3, 0.4) is 0 Å². The minimum atomic E-state index is -0.796. The van der Waals surface area contributed by atoms with Crippen LogP contribution >= 0.6 is 22.6 Å². The zero-order valence-electron chi connectivity index (χ0n) is 17.2. The van der Waals surface area contributed by atoms with Gasteiger partial charge >= 0.3 is 0 Å². The molecule has 1 atom stereocenters. The molecule has 0 radical (unpaired) electrons. The van der Waals surface area contributed by atoms with Crippen molar-refractivity contribution in [3.05, 3.63) is 62.2 Å². The maximum absolute atomic E-state index is 13.1. The van der Waals surface area contributed by atoms with Gasteiger partial charge in [-0.15, -0.1) is 0 Å². The quantitative estimate of drug-likeness (QED) is 0.334. The van der Waals surface area contributed by atoms with E-state index in [1.165, 1.54) is 0 Å². The standard InChI is InChI=1S/C22H26IN3O5/c1-15-24-21-6-5-16(23)11-20(21)22(30)26(15)17-3-2-4-19(12-17)31-14-18(29)13-25(7-9-27)8-10-28/h2-6,11-12,18,27-29H,7-10,13-14H2,1H3. The maximum Gasteiger partial charge on any atom is 0.265 e. The first-order chi connectivity index (χ1) is 14.9. The zero-order chi connectivity index (χ0) is 22.4. The van der Waals surface area contributed by atoms with Crippen molar-refractivity contribution >= 4 is 33.5 Å². The third kappa shape index (κ3) is 6.01. The molecule has 166 valence electrons. The summed E-state index contributed by atoms with van der Waals surface area (Å²) in [5.41, 5.74) is 1.14. The highest BCUT2D eigenvalue weighted by Crippen LogP contribution is 2.19. The lowest BCUT2D eigenvalue weighted by atomic mass is 10.2. The number of benzene rings is 2. The van der Waals surface area contributed by atoms with E-state index in [1.54, 1.807) is 34.6 Å². The molecule has 0 saturated carbocycles. The van der Waals surface area contributed by atoms with Crippen LogP contribution < -0.4 is 10.3 Å². The van der Waals surface area contributed by atoms with E-state index >= 15 is 0 Å². The van der Waals surface area contributed by atoms with E-state index in [4.69, 9.17) is 14.9 Å². The number of ether oxygens (including phenoxy) is 1. The molecule has 9 heteroatoms. The van der Waals surface area contributed by atoms with Gasteiger partial charge in [-0.25, -0.2) is 4.98 Å². The van der Waals surface area contributed by atoms with E-state index in [0.29, 0.717) is 41.3 Å². The normalized spacial score (nSPS) is 12.5. The Morgan fingerprint density at radius 1 is 1.16 bits per heavy atom. The Hall–Kier alpha value is -2.05. The highest BCUT2D eigenvalue weighted by atomic mass is 127. The number of aryl methyl sites for hydroxylation is 1. The van der Waals surface area contributed by atoms with E-state index in [2.05, 4.69) is 27.6 Å². The summed E-state index contributed by atoms with van der Waals surface area (Å²) in [6.45, 7) is 2.72. The predicted molar refractivity (Wildman–Crippen MR) is 127 cm³/mol. The summed E-state index contributed by atoms with van der Waals surface area (Å²) in [6, 6.07) is 12.7. The van der Waals surface area contributed by atoms with Gasteiger partial charge < -0.3 is 20.1 Å². The lowest BCUT2D eigenvalue weighted by Crippen LogP contribution is -2.38. The highest BCUT2D eigenvalue weighted by molar-refractivity contribution is 14.1. The smallest absolute Gasteiger partial charge is 0.265 e. The van der Waals surface area contributed by atoms with Gasteiger partial charge in [-0.3, -0.25) is 14.3 Å². The molecule has 0 fully saturated rings. The summed E-state index contributed by atoms with van der Waals surface area (Å²) in [7, 11) is 0. The Morgan fingerprint density at radius 3 is 2.61 bits per heavy atom. The van der Waals surface area contributed by atoms with Crippen molar-refractivity contribution in [1.82, 2.24) is 14.5 Å². The summed E-state index contributed by atoms with van der Waals surface area (Å²) >= 11 is 2.17. The molecular formula is C22H26IN3O5. The van der Waals surface area contributed by atoms with Crippen LogP contribution in [0.4, 0.5) is 0 Å². The van der Waals surface area contributed by atoms with Gasteiger partial charge in [0.2, 0.25) is 0 Å². The van der Waals surface area contributed by atoms with Gasteiger partial charge in [-0.05, 0) is 59.8 Å². The average Bonchev–Trinajstić information content (AvgIpc) is 2.74. The van der Waals surface area contributed by atoms with Crippen LogP contribution in [0, 0.1) is 10.5 Å². The molecule has 1 aromatic heterocycles. The van der Waals surface area contributed by atoms with Crippen molar-refractivity contribution in [2.45, 2.75) is 13.0 Å². The number of hydrogen-bond acceptors (Lipinski definition) is 7. The summed E-state index contributed by atoms with van der Waals surface area (Å²) in [6.07, 6.45) is -0.796. The van der Waals surface area contributed by atoms with Crippen LogP contribution in [0.2, 0.25) is 0 Å². The summed E-state index contributed by atoms with van der Waals surface area (Å²) in [5, 5.41) is 29.0. The number of aromatic nitrogens is 2. The molecule has 3 rings (SSSR count). The number of nitrogens with zero attached hydrogens (tertiary/aromatic N) is 3. The van der Waals surface area contributed by atoms with Gasteiger partial charge in [0.05, 0.1) is 29.8 Å². The predicted octanol–water partition coefficient (Wildman–Crippen LogP) is 1.33. The van der Waals surface area contributed by atoms with E-state index in [9.17, 15) is 9.90 Å². The van der Waals surface area contributed by atoms with E-state index in [-0.39, 0.29) is 31.9 Å². The molecule has 8 nitrogen and oxygen atoms in total. The largest absolute Gasteiger partial charge is 0.491 e. The van der Waals surface area contributed by atoms with Gasteiger partial charge in [0.25, 0.3) is 5.56 Å². The van der Waals surface area contributed by atoms with Crippen molar-refractivity contribution in [3.8, 4) is 11.4 Å². The molecule has 0 aliphatic heterocycles.